The maximum atomic E-state index is 2.50. The highest BCUT2D eigenvalue weighted by Crippen LogP contribution is 2.52. The third kappa shape index (κ3) is 4.70. The van der Waals surface area contributed by atoms with E-state index in [1.54, 1.807) is 0 Å². The van der Waals surface area contributed by atoms with Gasteiger partial charge in [-0.15, -0.1) is 0 Å². The monoisotopic (exact) mass is 707 g/mol. The molecule has 0 N–H and O–H groups in total. The molecule has 4 heteroatoms. The molecular formula is C50H33N3S. The minimum Gasteiger partial charge on any atom is -0.308 e. The molecule has 10 aromatic rings. The van der Waals surface area contributed by atoms with Crippen molar-refractivity contribution in [2.45, 2.75) is 9.79 Å². The summed E-state index contributed by atoms with van der Waals surface area (Å²) in [5.74, 6) is 0. The minimum atomic E-state index is 1.11. The predicted octanol–water partition coefficient (Wildman–Crippen LogP) is 14.0. The number of aromatic nitrogens is 2. The smallest absolute Gasteiger partial charge is 0.0789 e. The molecule has 0 radical (unpaired) electrons. The van der Waals surface area contributed by atoms with Crippen LogP contribution < -0.4 is 4.90 Å². The van der Waals surface area contributed by atoms with Gasteiger partial charge in [0.1, 0.15) is 0 Å². The van der Waals surface area contributed by atoms with E-state index in [4.69, 9.17) is 0 Å². The van der Waals surface area contributed by atoms with Crippen LogP contribution in [0.1, 0.15) is 0 Å². The Balaban J connectivity index is 1.28. The number of rotatable bonds is 5. The summed E-state index contributed by atoms with van der Waals surface area (Å²) in [5, 5.41) is 3.67. The molecule has 0 saturated carbocycles. The number of fused-ring (bicyclic) bond motifs is 7. The Morgan fingerprint density at radius 1 is 0.352 bits per heavy atom. The lowest BCUT2D eigenvalue weighted by Gasteiger charge is -2.33. The first-order valence-electron chi connectivity index (χ1n) is 18.4. The van der Waals surface area contributed by atoms with E-state index in [1.165, 1.54) is 76.3 Å². The predicted molar refractivity (Wildman–Crippen MR) is 227 cm³/mol. The first-order chi connectivity index (χ1) is 26.8. The Hall–Kier alpha value is -6.75. The van der Waals surface area contributed by atoms with Crippen LogP contribution in [0, 0.1) is 0 Å². The van der Waals surface area contributed by atoms with Crippen LogP contribution in [0.15, 0.2) is 210 Å². The topological polar surface area (TPSA) is 13.1 Å². The van der Waals surface area contributed by atoms with Crippen molar-refractivity contribution in [2.24, 2.45) is 0 Å². The van der Waals surface area contributed by atoms with E-state index in [2.05, 4.69) is 214 Å². The molecule has 2 aromatic heterocycles. The largest absolute Gasteiger partial charge is 0.308 e. The fourth-order valence-corrected chi connectivity index (χ4v) is 9.50. The molecule has 0 atom stereocenters. The number of nitrogens with zero attached hydrogens (tertiary/aromatic N) is 3. The molecule has 1 aliphatic heterocycles. The van der Waals surface area contributed by atoms with E-state index in [-0.39, 0.29) is 0 Å². The second-order valence-electron chi connectivity index (χ2n) is 13.7. The van der Waals surface area contributed by atoms with Crippen molar-refractivity contribution >= 4 is 61.5 Å². The summed E-state index contributed by atoms with van der Waals surface area (Å²) in [6, 6.07) is 72.7. The van der Waals surface area contributed by atoms with Crippen molar-refractivity contribution in [3.63, 3.8) is 0 Å². The van der Waals surface area contributed by atoms with Crippen molar-refractivity contribution in [1.29, 1.82) is 0 Å². The molecule has 254 valence electrons. The Bertz CT molecular complexity index is 2970. The highest BCUT2D eigenvalue weighted by atomic mass is 32.2. The molecule has 0 saturated heterocycles. The molecule has 0 spiro atoms. The van der Waals surface area contributed by atoms with Crippen LogP contribution in [0.3, 0.4) is 0 Å². The lowest BCUT2D eigenvalue weighted by molar-refractivity contribution is 1.12. The van der Waals surface area contributed by atoms with Gasteiger partial charge in [0.05, 0.1) is 33.6 Å². The number of hydrogen-bond donors (Lipinski definition) is 0. The first kappa shape index (κ1) is 30.8. The van der Waals surface area contributed by atoms with Crippen LogP contribution in [0.25, 0.3) is 66.5 Å². The summed E-state index contributed by atoms with van der Waals surface area (Å²) in [5.41, 5.74) is 14.1. The zero-order chi connectivity index (χ0) is 35.6. The molecule has 0 bridgehead atoms. The molecule has 8 aromatic carbocycles. The van der Waals surface area contributed by atoms with E-state index < -0.39 is 0 Å². The van der Waals surface area contributed by atoms with E-state index in [9.17, 15) is 0 Å². The summed E-state index contributed by atoms with van der Waals surface area (Å²) < 4.78 is 5.00. The maximum absolute atomic E-state index is 2.50. The summed E-state index contributed by atoms with van der Waals surface area (Å²) in [6.45, 7) is 0. The molecule has 54 heavy (non-hydrogen) atoms. The normalized spacial score (nSPS) is 12.3. The van der Waals surface area contributed by atoms with E-state index >= 15 is 0 Å². The van der Waals surface area contributed by atoms with Gasteiger partial charge in [-0.2, -0.15) is 0 Å². The van der Waals surface area contributed by atoms with Gasteiger partial charge in [0.2, 0.25) is 0 Å². The molecular weight excluding hydrogens is 675 g/mol. The fourth-order valence-electron chi connectivity index (χ4n) is 8.44. The lowest BCUT2D eigenvalue weighted by atomic mass is 9.98. The van der Waals surface area contributed by atoms with Gasteiger partial charge < -0.3 is 14.0 Å². The van der Waals surface area contributed by atoms with Gasteiger partial charge in [-0.3, -0.25) is 0 Å². The third-order valence-corrected chi connectivity index (χ3v) is 11.8. The average Bonchev–Trinajstić information content (AvgIpc) is 3.77. The third-order valence-electron chi connectivity index (χ3n) is 10.7. The number of para-hydroxylation sites is 4. The van der Waals surface area contributed by atoms with Crippen molar-refractivity contribution in [3.8, 4) is 33.8 Å². The highest BCUT2D eigenvalue weighted by molar-refractivity contribution is 7.99. The minimum absolute atomic E-state index is 1.11. The zero-order valence-electron chi connectivity index (χ0n) is 29.3. The van der Waals surface area contributed by atoms with Crippen LogP contribution >= 0.6 is 11.8 Å². The number of benzene rings is 8. The molecule has 3 nitrogen and oxygen atoms in total. The van der Waals surface area contributed by atoms with Crippen molar-refractivity contribution in [3.05, 3.63) is 200 Å². The van der Waals surface area contributed by atoms with E-state index in [0.29, 0.717) is 0 Å². The summed E-state index contributed by atoms with van der Waals surface area (Å²) in [7, 11) is 0. The van der Waals surface area contributed by atoms with Crippen LogP contribution in [0.2, 0.25) is 0 Å². The quantitative estimate of drug-likeness (QED) is 0.177. The summed E-state index contributed by atoms with van der Waals surface area (Å²) >= 11 is 1.84. The van der Waals surface area contributed by atoms with Crippen molar-refractivity contribution in [1.82, 2.24) is 9.13 Å². The SMILES string of the molecule is c1ccc(-c2c(-c3ccccc3)n(-c3ccccc3)c3c2ccc2c4ccccc4n(-c4cccc(N5c6ccccc6Sc6ccccc65)c4)c23)cc1. The Morgan fingerprint density at radius 3 is 1.61 bits per heavy atom. The van der Waals surface area contributed by atoms with Crippen molar-refractivity contribution < 1.29 is 0 Å². The molecule has 0 aliphatic carbocycles. The first-order valence-corrected chi connectivity index (χ1v) is 19.2. The molecule has 0 unspecified atom stereocenters. The highest BCUT2D eigenvalue weighted by Gasteiger charge is 2.28. The standard InChI is InChI=1S/C50H33N3S/c1-4-17-34(18-5-1)47-41-32-31-40-39-25-10-11-26-42(39)52(49(40)50(41)53(36-21-8-3-9-22-36)48(47)35-19-6-2-7-20-35)38-24-16-23-37(33-38)51-43-27-12-14-29-45(43)54-46-30-15-13-28-44(46)51/h1-33H. The summed E-state index contributed by atoms with van der Waals surface area (Å²) in [4.78, 5) is 4.92. The second kappa shape index (κ2) is 12.4. The molecule has 1 aliphatic rings. The van der Waals surface area contributed by atoms with Gasteiger partial charge in [-0.05, 0) is 71.8 Å². The Labute approximate surface area is 318 Å². The number of anilines is 3. The lowest BCUT2D eigenvalue weighted by Crippen LogP contribution is -2.15. The average molecular weight is 708 g/mol. The summed E-state index contributed by atoms with van der Waals surface area (Å²) in [6.07, 6.45) is 0. The van der Waals surface area contributed by atoms with Crippen LogP contribution in [-0.2, 0) is 0 Å². The van der Waals surface area contributed by atoms with Gasteiger partial charge in [0.25, 0.3) is 0 Å². The van der Waals surface area contributed by atoms with Crippen LogP contribution in [-0.4, -0.2) is 9.13 Å². The maximum Gasteiger partial charge on any atom is 0.0789 e. The van der Waals surface area contributed by atoms with Crippen LogP contribution in [0.4, 0.5) is 17.1 Å². The van der Waals surface area contributed by atoms with Gasteiger partial charge in [-0.25, -0.2) is 0 Å². The molecule has 3 heterocycles. The van der Waals surface area contributed by atoms with Gasteiger partial charge in [-0.1, -0.05) is 151 Å². The zero-order valence-corrected chi connectivity index (χ0v) is 30.1. The van der Waals surface area contributed by atoms with Crippen LogP contribution in [0.5, 0.6) is 0 Å². The van der Waals surface area contributed by atoms with Crippen molar-refractivity contribution in [2.75, 3.05) is 4.90 Å². The van der Waals surface area contributed by atoms with Gasteiger partial charge in [0.15, 0.2) is 0 Å². The second-order valence-corrected chi connectivity index (χ2v) is 14.8. The Kier molecular flexibility index (Phi) is 7.10. The molecule has 11 rings (SSSR count). The Morgan fingerprint density at radius 2 is 0.889 bits per heavy atom. The molecule has 0 fully saturated rings. The number of hydrogen-bond acceptors (Lipinski definition) is 2. The van der Waals surface area contributed by atoms with Gasteiger partial charge in [0, 0.05) is 48.6 Å². The molecule has 0 amide bonds. The van der Waals surface area contributed by atoms with Gasteiger partial charge >= 0.3 is 0 Å². The fraction of sp³-hybridized carbons (Fsp3) is 0. The van der Waals surface area contributed by atoms with E-state index in [0.717, 1.165) is 17.1 Å². The van der Waals surface area contributed by atoms with E-state index in [1.807, 2.05) is 11.8 Å².